The highest BCUT2D eigenvalue weighted by atomic mass is 16.2. The highest BCUT2D eigenvalue weighted by Gasteiger charge is 2.16. The van der Waals surface area contributed by atoms with Crippen molar-refractivity contribution >= 4 is 5.91 Å². The van der Waals surface area contributed by atoms with Crippen LogP contribution in [0.25, 0.3) is 0 Å². The number of carbonyl (C=O) groups excluding carboxylic acids is 1. The third kappa shape index (κ3) is 4.88. The predicted molar refractivity (Wildman–Crippen MR) is 75.3 cm³/mol. The molecule has 0 spiro atoms. The summed E-state index contributed by atoms with van der Waals surface area (Å²) in [6, 6.07) is 10.00. The Labute approximate surface area is 110 Å². The highest BCUT2D eigenvalue weighted by molar-refractivity contribution is 5.81. The molecule has 0 saturated heterocycles. The molecule has 100 valence electrons. The Morgan fingerprint density at radius 2 is 2.00 bits per heavy atom. The van der Waals surface area contributed by atoms with E-state index in [1.54, 1.807) is 4.90 Å². The normalized spacial score (nSPS) is 12.2. The minimum Gasteiger partial charge on any atom is -0.344 e. The summed E-state index contributed by atoms with van der Waals surface area (Å²) in [7, 11) is 1.84. The maximum absolute atomic E-state index is 11.9. The second kappa shape index (κ2) is 7.88. The molecular formula is C15H24N2O. The van der Waals surface area contributed by atoms with Gasteiger partial charge in [0.2, 0.25) is 5.91 Å². The van der Waals surface area contributed by atoms with Crippen LogP contribution in [0.15, 0.2) is 30.3 Å². The number of nitrogens with zero attached hydrogens (tertiary/aromatic N) is 1. The van der Waals surface area contributed by atoms with Gasteiger partial charge in [0.15, 0.2) is 0 Å². The quantitative estimate of drug-likeness (QED) is 0.804. The molecule has 0 aliphatic heterocycles. The Morgan fingerprint density at radius 1 is 1.33 bits per heavy atom. The van der Waals surface area contributed by atoms with Crippen LogP contribution in [0.5, 0.6) is 0 Å². The summed E-state index contributed by atoms with van der Waals surface area (Å²) in [5.41, 5.74) is 7.14. The fourth-order valence-corrected chi connectivity index (χ4v) is 1.99. The van der Waals surface area contributed by atoms with Crippen LogP contribution in [0, 0.1) is 0 Å². The van der Waals surface area contributed by atoms with Crippen LogP contribution in [-0.2, 0) is 11.2 Å². The highest BCUT2D eigenvalue weighted by Crippen LogP contribution is 2.04. The molecule has 1 aromatic rings. The number of carbonyl (C=O) groups is 1. The summed E-state index contributed by atoms with van der Waals surface area (Å²) in [6.07, 6.45) is 3.69. The molecule has 18 heavy (non-hydrogen) atoms. The molecule has 0 aliphatic rings. The molecule has 0 heterocycles. The van der Waals surface area contributed by atoms with E-state index in [4.69, 9.17) is 5.73 Å². The zero-order valence-electron chi connectivity index (χ0n) is 11.4. The fraction of sp³-hybridized carbons (Fsp3) is 0.533. The number of hydrogen-bond acceptors (Lipinski definition) is 2. The van der Waals surface area contributed by atoms with Gasteiger partial charge in [-0.2, -0.15) is 0 Å². The molecule has 1 rings (SSSR count). The third-order valence-electron chi connectivity index (χ3n) is 3.09. The summed E-state index contributed by atoms with van der Waals surface area (Å²) in [4.78, 5) is 13.6. The molecular weight excluding hydrogens is 224 g/mol. The minimum atomic E-state index is -0.336. The van der Waals surface area contributed by atoms with Crippen LogP contribution in [0.1, 0.15) is 31.7 Å². The van der Waals surface area contributed by atoms with Crippen LogP contribution in [0.3, 0.4) is 0 Å². The lowest BCUT2D eigenvalue weighted by molar-refractivity contribution is -0.131. The van der Waals surface area contributed by atoms with Gasteiger partial charge >= 0.3 is 0 Å². The Hall–Kier alpha value is -1.35. The van der Waals surface area contributed by atoms with Crippen molar-refractivity contribution in [3.05, 3.63) is 35.9 Å². The molecule has 3 nitrogen and oxygen atoms in total. The van der Waals surface area contributed by atoms with Crippen LogP contribution >= 0.6 is 0 Å². The van der Waals surface area contributed by atoms with Crippen molar-refractivity contribution in [1.82, 2.24) is 4.90 Å². The first-order chi connectivity index (χ1) is 8.65. The van der Waals surface area contributed by atoms with E-state index >= 15 is 0 Å². The number of likely N-dealkylation sites (N-methyl/N-ethyl adjacent to an activating group) is 1. The lowest BCUT2D eigenvalue weighted by Crippen LogP contribution is -2.42. The first-order valence-electron chi connectivity index (χ1n) is 6.69. The first-order valence-corrected chi connectivity index (χ1v) is 6.69. The van der Waals surface area contributed by atoms with Gasteiger partial charge in [0.05, 0.1) is 6.04 Å². The number of amides is 1. The fourth-order valence-electron chi connectivity index (χ4n) is 1.99. The number of rotatable bonds is 7. The van der Waals surface area contributed by atoms with Crippen LogP contribution in [-0.4, -0.2) is 30.4 Å². The third-order valence-corrected chi connectivity index (χ3v) is 3.09. The van der Waals surface area contributed by atoms with Crippen molar-refractivity contribution in [3.8, 4) is 0 Å². The van der Waals surface area contributed by atoms with Gasteiger partial charge in [-0.05, 0) is 24.8 Å². The van der Waals surface area contributed by atoms with Crippen molar-refractivity contribution in [3.63, 3.8) is 0 Å². The number of nitrogens with two attached hydrogens (primary N) is 1. The second-order valence-electron chi connectivity index (χ2n) is 4.74. The Morgan fingerprint density at radius 3 is 2.61 bits per heavy atom. The molecule has 2 N–H and O–H groups in total. The van der Waals surface area contributed by atoms with Gasteiger partial charge in [-0.25, -0.2) is 0 Å². The van der Waals surface area contributed by atoms with Crippen molar-refractivity contribution in [2.45, 2.75) is 38.6 Å². The molecule has 0 aromatic heterocycles. The smallest absolute Gasteiger partial charge is 0.239 e. The topological polar surface area (TPSA) is 46.3 Å². The largest absolute Gasteiger partial charge is 0.344 e. The zero-order chi connectivity index (χ0) is 13.4. The second-order valence-corrected chi connectivity index (χ2v) is 4.74. The van der Waals surface area contributed by atoms with E-state index in [1.165, 1.54) is 5.56 Å². The number of aryl methyl sites for hydroxylation is 1. The van der Waals surface area contributed by atoms with E-state index in [9.17, 15) is 4.79 Å². The first kappa shape index (κ1) is 14.7. The lowest BCUT2D eigenvalue weighted by Gasteiger charge is -2.21. The molecule has 0 bridgehead atoms. The summed E-state index contributed by atoms with van der Waals surface area (Å²) < 4.78 is 0. The van der Waals surface area contributed by atoms with Gasteiger partial charge in [0.25, 0.3) is 0 Å². The summed E-state index contributed by atoms with van der Waals surface area (Å²) in [5, 5.41) is 0. The van der Waals surface area contributed by atoms with E-state index in [2.05, 4.69) is 12.1 Å². The summed E-state index contributed by atoms with van der Waals surface area (Å²) in [6.45, 7) is 2.81. The molecule has 1 amide bonds. The Kier molecular flexibility index (Phi) is 6.44. The van der Waals surface area contributed by atoms with Gasteiger partial charge in [0, 0.05) is 13.6 Å². The molecule has 0 saturated carbocycles. The van der Waals surface area contributed by atoms with Gasteiger partial charge in [-0.3, -0.25) is 4.79 Å². The van der Waals surface area contributed by atoms with E-state index < -0.39 is 0 Å². The summed E-state index contributed by atoms with van der Waals surface area (Å²) in [5.74, 6) is 0.0601. The molecule has 1 unspecified atom stereocenters. The van der Waals surface area contributed by atoms with E-state index in [1.807, 2.05) is 32.2 Å². The maximum Gasteiger partial charge on any atom is 0.239 e. The van der Waals surface area contributed by atoms with Crippen LogP contribution < -0.4 is 5.73 Å². The van der Waals surface area contributed by atoms with Gasteiger partial charge < -0.3 is 10.6 Å². The van der Waals surface area contributed by atoms with Crippen molar-refractivity contribution in [2.75, 3.05) is 13.6 Å². The Balaban J connectivity index is 2.28. The molecule has 1 aromatic carbocycles. The van der Waals surface area contributed by atoms with Crippen molar-refractivity contribution < 1.29 is 4.79 Å². The van der Waals surface area contributed by atoms with Gasteiger partial charge in [0.1, 0.15) is 0 Å². The molecule has 0 aliphatic carbocycles. The van der Waals surface area contributed by atoms with E-state index in [0.717, 1.165) is 32.2 Å². The standard InChI is InChI=1S/C15H24N2O/c1-3-8-14(16)15(18)17(2)12-7-11-13-9-5-4-6-10-13/h4-6,9-10,14H,3,7-8,11-12,16H2,1-2H3. The number of benzene rings is 1. The zero-order valence-corrected chi connectivity index (χ0v) is 11.4. The maximum atomic E-state index is 11.9. The average molecular weight is 248 g/mol. The van der Waals surface area contributed by atoms with E-state index in [0.29, 0.717) is 0 Å². The van der Waals surface area contributed by atoms with Gasteiger partial charge in [-0.15, -0.1) is 0 Å². The Bertz CT molecular complexity index is 351. The lowest BCUT2D eigenvalue weighted by atomic mass is 10.1. The van der Waals surface area contributed by atoms with Crippen LogP contribution in [0.2, 0.25) is 0 Å². The molecule has 1 atom stereocenters. The molecule has 0 fully saturated rings. The van der Waals surface area contributed by atoms with Crippen LogP contribution in [0.4, 0.5) is 0 Å². The monoisotopic (exact) mass is 248 g/mol. The minimum absolute atomic E-state index is 0.0601. The SMILES string of the molecule is CCCC(N)C(=O)N(C)CCCc1ccccc1. The number of hydrogen-bond donors (Lipinski definition) is 1. The average Bonchev–Trinajstić information content (AvgIpc) is 2.39. The molecule has 0 radical (unpaired) electrons. The van der Waals surface area contributed by atoms with Crippen molar-refractivity contribution in [1.29, 1.82) is 0 Å². The van der Waals surface area contributed by atoms with Gasteiger partial charge in [-0.1, -0.05) is 43.7 Å². The summed E-state index contributed by atoms with van der Waals surface area (Å²) >= 11 is 0. The van der Waals surface area contributed by atoms with E-state index in [-0.39, 0.29) is 11.9 Å². The molecule has 3 heteroatoms. The van der Waals surface area contributed by atoms with Crippen molar-refractivity contribution in [2.24, 2.45) is 5.73 Å². The predicted octanol–water partition coefficient (Wildman–Crippen LogP) is 2.21.